The number of carboxylic acid groups (broad SMARTS) is 1. The zero-order valence-electron chi connectivity index (χ0n) is 10.4. The molecule has 0 fully saturated rings. The highest BCUT2D eigenvalue weighted by molar-refractivity contribution is 9.10. The van der Waals surface area contributed by atoms with Crippen LogP contribution in [-0.2, 0) is 0 Å². The number of hydrogen-bond donors (Lipinski definition) is 1. The van der Waals surface area contributed by atoms with E-state index in [1.807, 2.05) is 0 Å². The summed E-state index contributed by atoms with van der Waals surface area (Å²) in [6, 6.07) is 6.73. The van der Waals surface area contributed by atoms with E-state index >= 15 is 0 Å². The van der Waals surface area contributed by atoms with Crippen LogP contribution >= 0.6 is 15.9 Å². The van der Waals surface area contributed by atoms with Crippen molar-refractivity contribution in [2.24, 2.45) is 0 Å². The van der Waals surface area contributed by atoms with Gasteiger partial charge in [0, 0.05) is 16.7 Å². The lowest BCUT2D eigenvalue weighted by Crippen LogP contribution is -2.07. The van der Waals surface area contributed by atoms with E-state index < -0.39 is 5.97 Å². The second-order valence-electron chi connectivity index (χ2n) is 3.76. The number of halogens is 1. The van der Waals surface area contributed by atoms with Crippen LogP contribution in [0.25, 0.3) is 5.69 Å². The van der Waals surface area contributed by atoms with Crippen LogP contribution in [-0.4, -0.2) is 29.9 Å². The van der Waals surface area contributed by atoms with Crippen molar-refractivity contribution in [2.75, 3.05) is 14.2 Å². The molecule has 1 N–H and O–H groups in total. The number of aromatic carboxylic acids is 1. The Bertz CT molecular complexity index is 621. The quantitative estimate of drug-likeness (QED) is 0.938. The average molecular weight is 326 g/mol. The van der Waals surface area contributed by atoms with E-state index in [0.29, 0.717) is 21.7 Å². The molecule has 1 aromatic carbocycles. The Labute approximate surface area is 118 Å². The summed E-state index contributed by atoms with van der Waals surface area (Å²) in [6.07, 6.45) is 1.67. The van der Waals surface area contributed by atoms with Crippen LogP contribution in [0, 0.1) is 0 Å². The first-order valence-electron chi connectivity index (χ1n) is 5.40. The van der Waals surface area contributed by atoms with Crippen molar-refractivity contribution >= 4 is 21.9 Å². The van der Waals surface area contributed by atoms with Crippen LogP contribution < -0.4 is 9.47 Å². The van der Waals surface area contributed by atoms with E-state index in [1.54, 1.807) is 31.5 Å². The highest BCUT2D eigenvalue weighted by atomic mass is 79.9. The molecule has 2 aromatic rings. The zero-order valence-corrected chi connectivity index (χ0v) is 12.0. The lowest BCUT2D eigenvalue weighted by atomic mass is 10.2. The van der Waals surface area contributed by atoms with Crippen LogP contribution in [0.2, 0.25) is 0 Å². The molecule has 0 aliphatic carbocycles. The van der Waals surface area contributed by atoms with Crippen molar-refractivity contribution in [1.29, 1.82) is 0 Å². The van der Waals surface area contributed by atoms with Crippen LogP contribution in [0.4, 0.5) is 0 Å². The van der Waals surface area contributed by atoms with Gasteiger partial charge in [0.15, 0.2) is 0 Å². The number of aromatic nitrogens is 1. The summed E-state index contributed by atoms with van der Waals surface area (Å²) in [5, 5.41) is 9.22. The van der Waals surface area contributed by atoms with Crippen molar-refractivity contribution in [2.45, 2.75) is 0 Å². The molecule has 0 radical (unpaired) electrons. The summed E-state index contributed by atoms with van der Waals surface area (Å²) in [5.41, 5.74) is 0.739. The van der Waals surface area contributed by atoms with Crippen LogP contribution in [0.1, 0.15) is 10.5 Å². The van der Waals surface area contributed by atoms with E-state index in [1.165, 1.54) is 17.7 Å². The van der Waals surface area contributed by atoms with Crippen molar-refractivity contribution in [3.8, 4) is 17.2 Å². The molecule has 0 bridgehead atoms. The van der Waals surface area contributed by atoms with Crippen LogP contribution in [0.3, 0.4) is 0 Å². The zero-order chi connectivity index (χ0) is 14.0. The van der Waals surface area contributed by atoms with E-state index in [-0.39, 0.29) is 5.69 Å². The highest BCUT2D eigenvalue weighted by Crippen LogP contribution is 2.30. The van der Waals surface area contributed by atoms with Gasteiger partial charge < -0.3 is 19.1 Å². The first kappa shape index (κ1) is 13.5. The lowest BCUT2D eigenvalue weighted by molar-refractivity contribution is 0.0688. The minimum atomic E-state index is -1.02. The maximum Gasteiger partial charge on any atom is 0.352 e. The Morgan fingerprint density at radius 3 is 2.58 bits per heavy atom. The molecule has 1 aromatic heterocycles. The molecule has 5 nitrogen and oxygen atoms in total. The molecule has 6 heteroatoms. The topological polar surface area (TPSA) is 60.7 Å². The number of nitrogens with zero attached hydrogens (tertiary/aromatic N) is 1. The van der Waals surface area contributed by atoms with Gasteiger partial charge in [0.1, 0.15) is 17.2 Å². The number of benzene rings is 1. The summed E-state index contributed by atoms with van der Waals surface area (Å²) >= 11 is 3.27. The Morgan fingerprint density at radius 2 is 2.00 bits per heavy atom. The number of rotatable bonds is 4. The molecule has 0 atom stereocenters. The predicted octanol–water partition coefficient (Wildman–Crippen LogP) is 2.96. The standard InChI is InChI=1S/C13H12BrNO4/c1-18-9-3-4-12(19-2)10(6-9)15-7-8(14)5-11(15)13(16)17/h3-7H,1-2H3,(H,16,17). The summed E-state index contributed by atoms with van der Waals surface area (Å²) < 4.78 is 12.6. The number of methoxy groups -OCH3 is 2. The molecule has 0 saturated carbocycles. The molecule has 19 heavy (non-hydrogen) atoms. The van der Waals surface area contributed by atoms with Gasteiger partial charge >= 0.3 is 5.97 Å². The van der Waals surface area contributed by atoms with Gasteiger partial charge in [-0.2, -0.15) is 0 Å². The lowest BCUT2D eigenvalue weighted by Gasteiger charge is -2.12. The minimum absolute atomic E-state index is 0.137. The van der Waals surface area contributed by atoms with Gasteiger partial charge in [-0.25, -0.2) is 4.79 Å². The molecule has 0 aliphatic heterocycles. The van der Waals surface area contributed by atoms with Gasteiger partial charge in [-0.1, -0.05) is 0 Å². The summed E-state index contributed by atoms with van der Waals surface area (Å²) in [6.45, 7) is 0. The third-order valence-electron chi connectivity index (χ3n) is 2.65. The molecule has 0 spiro atoms. The first-order valence-corrected chi connectivity index (χ1v) is 6.19. The fraction of sp³-hybridized carbons (Fsp3) is 0.154. The van der Waals surface area contributed by atoms with Gasteiger partial charge in [0.2, 0.25) is 0 Å². The van der Waals surface area contributed by atoms with Crippen LogP contribution in [0.15, 0.2) is 34.9 Å². The maximum atomic E-state index is 11.2. The summed E-state index contributed by atoms with van der Waals surface area (Å²) in [4.78, 5) is 11.2. The number of carboxylic acids is 1. The number of carbonyl (C=O) groups is 1. The second kappa shape index (κ2) is 5.36. The fourth-order valence-electron chi connectivity index (χ4n) is 1.78. The van der Waals surface area contributed by atoms with Crippen molar-refractivity contribution in [3.63, 3.8) is 0 Å². The Balaban J connectivity index is 2.66. The van der Waals surface area contributed by atoms with Crippen molar-refractivity contribution < 1.29 is 19.4 Å². The molecule has 0 amide bonds. The summed E-state index contributed by atoms with van der Waals surface area (Å²) in [7, 11) is 3.08. The molecule has 0 unspecified atom stereocenters. The van der Waals surface area contributed by atoms with Crippen molar-refractivity contribution in [3.05, 3.63) is 40.6 Å². The van der Waals surface area contributed by atoms with Gasteiger partial charge in [-0.3, -0.25) is 0 Å². The smallest absolute Gasteiger partial charge is 0.352 e. The third kappa shape index (κ3) is 2.58. The third-order valence-corrected chi connectivity index (χ3v) is 3.08. The van der Waals surface area contributed by atoms with Gasteiger partial charge in [0.05, 0.1) is 19.9 Å². The largest absolute Gasteiger partial charge is 0.497 e. The Morgan fingerprint density at radius 1 is 1.26 bits per heavy atom. The van der Waals surface area contributed by atoms with Gasteiger partial charge in [-0.05, 0) is 34.1 Å². The SMILES string of the molecule is COc1ccc(OC)c(-n2cc(Br)cc2C(=O)O)c1. The predicted molar refractivity (Wildman–Crippen MR) is 73.5 cm³/mol. The molecular formula is C13H12BrNO4. The molecule has 1 heterocycles. The number of ether oxygens (including phenoxy) is 2. The van der Waals surface area contributed by atoms with E-state index in [9.17, 15) is 9.90 Å². The maximum absolute atomic E-state index is 11.2. The monoisotopic (exact) mass is 325 g/mol. The average Bonchev–Trinajstić information content (AvgIpc) is 2.80. The molecule has 100 valence electrons. The Kier molecular flexibility index (Phi) is 3.80. The van der Waals surface area contributed by atoms with E-state index in [2.05, 4.69) is 15.9 Å². The first-order chi connectivity index (χ1) is 9.06. The van der Waals surface area contributed by atoms with Crippen molar-refractivity contribution in [1.82, 2.24) is 4.57 Å². The normalized spacial score (nSPS) is 10.3. The second-order valence-corrected chi connectivity index (χ2v) is 4.67. The summed E-state index contributed by atoms with van der Waals surface area (Å²) in [5.74, 6) is 0.166. The molecule has 0 saturated heterocycles. The van der Waals surface area contributed by atoms with E-state index in [4.69, 9.17) is 9.47 Å². The van der Waals surface area contributed by atoms with Gasteiger partial charge in [-0.15, -0.1) is 0 Å². The molecule has 2 rings (SSSR count). The molecular weight excluding hydrogens is 314 g/mol. The number of hydrogen-bond acceptors (Lipinski definition) is 3. The van der Waals surface area contributed by atoms with Gasteiger partial charge in [0.25, 0.3) is 0 Å². The minimum Gasteiger partial charge on any atom is -0.497 e. The highest BCUT2D eigenvalue weighted by Gasteiger charge is 2.16. The molecule has 0 aliphatic rings. The fourth-order valence-corrected chi connectivity index (χ4v) is 2.20. The van der Waals surface area contributed by atoms with E-state index in [0.717, 1.165) is 0 Å². The van der Waals surface area contributed by atoms with Crippen LogP contribution in [0.5, 0.6) is 11.5 Å². The Hall–Kier alpha value is -1.95.